The summed E-state index contributed by atoms with van der Waals surface area (Å²) in [4.78, 5) is 6.71. The Labute approximate surface area is 125 Å². The molecule has 1 aromatic carbocycles. The third-order valence-electron chi connectivity index (χ3n) is 3.32. The fraction of sp³-hybridized carbons (Fsp3) is 0.438. The summed E-state index contributed by atoms with van der Waals surface area (Å²) in [7, 11) is 0. The predicted molar refractivity (Wildman–Crippen MR) is 85.5 cm³/mol. The minimum Gasteiger partial charge on any atom is -0.494 e. The van der Waals surface area contributed by atoms with Crippen LogP contribution in [0.2, 0.25) is 0 Å². The summed E-state index contributed by atoms with van der Waals surface area (Å²) in [6.45, 7) is 8.48. The van der Waals surface area contributed by atoms with Gasteiger partial charge < -0.3 is 9.64 Å². The van der Waals surface area contributed by atoms with Crippen LogP contribution in [0.25, 0.3) is 10.6 Å². The lowest BCUT2D eigenvalue weighted by molar-refractivity contribution is 0.249. The number of benzene rings is 1. The van der Waals surface area contributed by atoms with Crippen molar-refractivity contribution in [3.63, 3.8) is 0 Å². The molecule has 0 bridgehead atoms. The molecule has 0 atom stereocenters. The standard InChI is InChI=1S/C16H22N2OS/c1-3-18(4-2)11-5-12-19-15-8-6-14(7-9-15)16-17-10-13-20-16/h6-10,13H,3-5,11-12H2,1-2H3. The smallest absolute Gasteiger partial charge is 0.123 e. The van der Waals surface area contributed by atoms with Crippen molar-refractivity contribution in [3.05, 3.63) is 35.8 Å². The molecule has 2 rings (SSSR count). The summed E-state index contributed by atoms with van der Waals surface area (Å²) in [6.07, 6.45) is 2.90. The summed E-state index contributed by atoms with van der Waals surface area (Å²) in [5, 5.41) is 3.05. The number of ether oxygens (including phenoxy) is 1. The Bertz CT molecular complexity index is 478. The van der Waals surface area contributed by atoms with Crippen molar-refractivity contribution in [2.75, 3.05) is 26.2 Å². The van der Waals surface area contributed by atoms with Gasteiger partial charge in [-0.25, -0.2) is 4.98 Å². The van der Waals surface area contributed by atoms with Crippen LogP contribution in [0.4, 0.5) is 0 Å². The molecular weight excluding hydrogens is 268 g/mol. The Morgan fingerprint density at radius 2 is 1.90 bits per heavy atom. The topological polar surface area (TPSA) is 25.4 Å². The molecule has 0 saturated heterocycles. The average Bonchev–Trinajstić information content (AvgIpc) is 3.02. The van der Waals surface area contributed by atoms with Crippen LogP contribution in [0.5, 0.6) is 5.75 Å². The molecular formula is C16H22N2OS. The molecule has 20 heavy (non-hydrogen) atoms. The predicted octanol–water partition coefficient (Wildman–Crippen LogP) is 3.92. The number of aromatic nitrogens is 1. The second-order valence-corrected chi connectivity index (χ2v) is 5.49. The van der Waals surface area contributed by atoms with Crippen LogP contribution in [-0.4, -0.2) is 36.1 Å². The molecule has 4 heteroatoms. The van der Waals surface area contributed by atoms with Gasteiger partial charge in [0.1, 0.15) is 10.8 Å². The SMILES string of the molecule is CCN(CC)CCCOc1ccc(-c2nccs2)cc1. The number of thiazole rings is 1. The third-order valence-corrected chi connectivity index (χ3v) is 4.14. The van der Waals surface area contributed by atoms with Gasteiger partial charge in [0.2, 0.25) is 0 Å². The summed E-state index contributed by atoms with van der Waals surface area (Å²) < 4.78 is 5.77. The molecule has 0 radical (unpaired) electrons. The van der Waals surface area contributed by atoms with E-state index in [2.05, 4.69) is 35.9 Å². The zero-order valence-corrected chi connectivity index (χ0v) is 13.0. The molecule has 0 amide bonds. The van der Waals surface area contributed by atoms with Crippen molar-refractivity contribution in [1.29, 1.82) is 0 Å². The highest BCUT2D eigenvalue weighted by Gasteiger charge is 2.02. The molecule has 0 spiro atoms. The van der Waals surface area contributed by atoms with Crippen LogP contribution in [0, 0.1) is 0 Å². The fourth-order valence-electron chi connectivity index (χ4n) is 2.08. The minimum atomic E-state index is 0.771. The summed E-state index contributed by atoms with van der Waals surface area (Å²) in [6, 6.07) is 8.18. The zero-order valence-electron chi connectivity index (χ0n) is 12.2. The van der Waals surface area contributed by atoms with E-state index in [0.29, 0.717) is 0 Å². The van der Waals surface area contributed by atoms with Gasteiger partial charge in [-0.05, 0) is 43.8 Å². The largest absolute Gasteiger partial charge is 0.494 e. The minimum absolute atomic E-state index is 0.771. The summed E-state index contributed by atoms with van der Waals surface area (Å²) >= 11 is 1.65. The molecule has 2 aromatic rings. The molecule has 0 aliphatic rings. The van der Waals surface area contributed by atoms with Gasteiger partial charge in [0.15, 0.2) is 0 Å². The molecule has 0 unspecified atom stereocenters. The van der Waals surface area contributed by atoms with E-state index >= 15 is 0 Å². The molecule has 3 nitrogen and oxygen atoms in total. The van der Waals surface area contributed by atoms with Gasteiger partial charge in [-0.1, -0.05) is 13.8 Å². The van der Waals surface area contributed by atoms with E-state index in [-0.39, 0.29) is 0 Å². The third kappa shape index (κ3) is 4.32. The molecule has 0 aliphatic heterocycles. The van der Waals surface area contributed by atoms with Gasteiger partial charge in [-0.2, -0.15) is 0 Å². The Hall–Kier alpha value is -1.39. The van der Waals surface area contributed by atoms with Crippen molar-refractivity contribution in [2.24, 2.45) is 0 Å². The van der Waals surface area contributed by atoms with E-state index in [4.69, 9.17) is 4.74 Å². The van der Waals surface area contributed by atoms with E-state index in [0.717, 1.165) is 49.0 Å². The van der Waals surface area contributed by atoms with Crippen molar-refractivity contribution >= 4 is 11.3 Å². The highest BCUT2D eigenvalue weighted by Crippen LogP contribution is 2.23. The van der Waals surface area contributed by atoms with Gasteiger partial charge >= 0.3 is 0 Å². The van der Waals surface area contributed by atoms with Crippen molar-refractivity contribution < 1.29 is 4.74 Å². The first-order chi connectivity index (χ1) is 9.83. The van der Waals surface area contributed by atoms with Gasteiger partial charge in [-0.3, -0.25) is 0 Å². The van der Waals surface area contributed by atoms with E-state index < -0.39 is 0 Å². The maximum atomic E-state index is 5.77. The number of hydrogen-bond donors (Lipinski definition) is 0. The Balaban J connectivity index is 1.77. The van der Waals surface area contributed by atoms with Gasteiger partial charge in [0, 0.05) is 23.7 Å². The van der Waals surface area contributed by atoms with Crippen LogP contribution in [0.1, 0.15) is 20.3 Å². The zero-order chi connectivity index (χ0) is 14.2. The first kappa shape index (κ1) is 15.0. The summed E-state index contributed by atoms with van der Waals surface area (Å²) in [5.41, 5.74) is 1.15. The van der Waals surface area contributed by atoms with E-state index in [9.17, 15) is 0 Å². The first-order valence-electron chi connectivity index (χ1n) is 7.18. The van der Waals surface area contributed by atoms with Gasteiger partial charge in [0.05, 0.1) is 6.61 Å². The number of hydrogen-bond acceptors (Lipinski definition) is 4. The molecule has 108 valence electrons. The Morgan fingerprint density at radius 3 is 2.50 bits per heavy atom. The van der Waals surface area contributed by atoms with Crippen molar-refractivity contribution in [3.8, 4) is 16.3 Å². The lowest BCUT2D eigenvalue weighted by atomic mass is 10.2. The monoisotopic (exact) mass is 290 g/mol. The maximum absolute atomic E-state index is 5.77. The normalized spacial score (nSPS) is 10.9. The maximum Gasteiger partial charge on any atom is 0.123 e. The molecule has 1 heterocycles. The van der Waals surface area contributed by atoms with Crippen LogP contribution in [0.15, 0.2) is 35.8 Å². The Morgan fingerprint density at radius 1 is 1.15 bits per heavy atom. The van der Waals surface area contributed by atoms with E-state index in [1.807, 2.05) is 23.7 Å². The average molecular weight is 290 g/mol. The second kappa shape index (κ2) is 8.02. The highest BCUT2D eigenvalue weighted by atomic mass is 32.1. The molecule has 0 aliphatic carbocycles. The highest BCUT2D eigenvalue weighted by molar-refractivity contribution is 7.13. The molecule has 0 N–H and O–H groups in total. The second-order valence-electron chi connectivity index (χ2n) is 4.59. The quantitative estimate of drug-likeness (QED) is 0.689. The van der Waals surface area contributed by atoms with Crippen LogP contribution >= 0.6 is 11.3 Å². The van der Waals surface area contributed by atoms with Crippen molar-refractivity contribution in [2.45, 2.75) is 20.3 Å². The van der Waals surface area contributed by atoms with Crippen LogP contribution in [0.3, 0.4) is 0 Å². The van der Waals surface area contributed by atoms with Crippen LogP contribution in [-0.2, 0) is 0 Å². The van der Waals surface area contributed by atoms with E-state index in [1.165, 1.54) is 0 Å². The first-order valence-corrected chi connectivity index (χ1v) is 8.06. The summed E-state index contributed by atoms with van der Waals surface area (Å²) in [5.74, 6) is 0.935. The van der Waals surface area contributed by atoms with Crippen LogP contribution < -0.4 is 4.74 Å². The number of rotatable bonds is 8. The molecule has 0 fully saturated rings. The lowest BCUT2D eigenvalue weighted by Crippen LogP contribution is -2.25. The lowest BCUT2D eigenvalue weighted by Gasteiger charge is -2.17. The fourth-order valence-corrected chi connectivity index (χ4v) is 2.72. The van der Waals surface area contributed by atoms with Gasteiger partial charge in [0.25, 0.3) is 0 Å². The number of nitrogens with zero attached hydrogens (tertiary/aromatic N) is 2. The van der Waals surface area contributed by atoms with Gasteiger partial charge in [-0.15, -0.1) is 11.3 Å². The molecule has 0 saturated carbocycles. The van der Waals surface area contributed by atoms with Crippen molar-refractivity contribution in [1.82, 2.24) is 9.88 Å². The van der Waals surface area contributed by atoms with E-state index in [1.54, 1.807) is 11.3 Å². The Kier molecular flexibility index (Phi) is 6.02. The molecule has 1 aromatic heterocycles.